The molecule has 0 radical (unpaired) electrons. The quantitative estimate of drug-likeness (QED) is 0.847. The number of aliphatic hydroxyl groups is 1. The van der Waals surface area contributed by atoms with Gasteiger partial charge in [0.1, 0.15) is 0 Å². The van der Waals surface area contributed by atoms with Gasteiger partial charge in [0.15, 0.2) is 0 Å². The van der Waals surface area contributed by atoms with Gasteiger partial charge in [0, 0.05) is 17.0 Å². The highest BCUT2D eigenvalue weighted by Gasteiger charge is 2.15. The number of hydrogen-bond donors (Lipinski definition) is 2. The molecule has 0 aliphatic rings. The molecule has 0 amide bonds. The minimum atomic E-state index is 0.0962. The molecule has 0 spiro atoms. The van der Waals surface area contributed by atoms with Crippen molar-refractivity contribution in [1.29, 1.82) is 0 Å². The molecule has 1 heterocycles. The molecule has 2 unspecified atom stereocenters. The molecule has 1 aromatic carbocycles. The van der Waals surface area contributed by atoms with E-state index in [2.05, 4.69) is 42.7 Å². The number of aliphatic hydroxyl groups excluding tert-OH is 1. The van der Waals surface area contributed by atoms with Crippen LogP contribution in [0.2, 0.25) is 0 Å². The maximum Gasteiger partial charge on any atom is 0.0588 e. The number of rotatable bonds is 6. The van der Waals surface area contributed by atoms with Gasteiger partial charge in [-0.05, 0) is 42.8 Å². The van der Waals surface area contributed by atoms with Crippen LogP contribution in [0.3, 0.4) is 0 Å². The van der Waals surface area contributed by atoms with E-state index in [4.69, 9.17) is 0 Å². The molecule has 1 aromatic heterocycles. The van der Waals surface area contributed by atoms with Crippen LogP contribution in [0.5, 0.6) is 0 Å². The molecule has 0 saturated carbocycles. The third kappa shape index (κ3) is 3.90. The Morgan fingerprint density at radius 1 is 1.21 bits per heavy atom. The number of thiophene rings is 1. The highest BCUT2D eigenvalue weighted by molar-refractivity contribution is 7.10. The van der Waals surface area contributed by atoms with E-state index in [0.717, 1.165) is 6.42 Å². The average molecular weight is 275 g/mol. The van der Waals surface area contributed by atoms with Gasteiger partial charge in [0.2, 0.25) is 0 Å². The Labute approximate surface area is 119 Å². The minimum Gasteiger partial charge on any atom is -0.395 e. The Morgan fingerprint density at radius 3 is 2.53 bits per heavy atom. The Morgan fingerprint density at radius 2 is 1.95 bits per heavy atom. The fourth-order valence-electron chi connectivity index (χ4n) is 2.33. The van der Waals surface area contributed by atoms with Crippen LogP contribution in [0.1, 0.15) is 29.0 Å². The molecular weight excluding hydrogens is 254 g/mol. The lowest BCUT2D eigenvalue weighted by Crippen LogP contribution is -2.36. The van der Waals surface area contributed by atoms with Crippen LogP contribution in [-0.4, -0.2) is 17.8 Å². The van der Waals surface area contributed by atoms with Crippen molar-refractivity contribution in [3.63, 3.8) is 0 Å². The van der Waals surface area contributed by atoms with Crippen molar-refractivity contribution in [2.45, 2.75) is 32.4 Å². The molecule has 0 saturated heterocycles. The van der Waals surface area contributed by atoms with Gasteiger partial charge >= 0.3 is 0 Å². The zero-order chi connectivity index (χ0) is 13.7. The average Bonchev–Trinajstić information content (AvgIpc) is 2.85. The summed E-state index contributed by atoms with van der Waals surface area (Å²) in [6.07, 6.45) is 0.853. The lowest BCUT2D eigenvalue weighted by molar-refractivity contribution is 0.233. The van der Waals surface area contributed by atoms with Gasteiger partial charge in [-0.2, -0.15) is 0 Å². The zero-order valence-electron chi connectivity index (χ0n) is 11.5. The van der Waals surface area contributed by atoms with Crippen molar-refractivity contribution >= 4 is 11.3 Å². The summed E-state index contributed by atoms with van der Waals surface area (Å²) in [7, 11) is 0. The van der Waals surface area contributed by atoms with Gasteiger partial charge < -0.3 is 10.4 Å². The van der Waals surface area contributed by atoms with Crippen LogP contribution >= 0.6 is 11.3 Å². The van der Waals surface area contributed by atoms with E-state index in [-0.39, 0.29) is 18.7 Å². The van der Waals surface area contributed by atoms with Crippen molar-refractivity contribution in [2.75, 3.05) is 6.61 Å². The number of nitrogens with one attached hydrogen (secondary N) is 1. The first-order valence-electron chi connectivity index (χ1n) is 6.65. The van der Waals surface area contributed by atoms with Crippen molar-refractivity contribution in [1.82, 2.24) is 5.32 Å². The molecule has 2 nitrogen and oxygen atoms in total. The van der Waals surface area contributed by atoms with Crippen LogP contribution in [-0.2, 0) is 6.42 Å². The van der Waals surface area contributed by atoms with Crippen LogP contribution < -0.4 is 5.32 Å². The molecule has 2 atom stereocenters. The molecule has 0 fully saturated rings. The summed E-state index contributed by atoms with van der Waals surface area (Å²) in [5.74, 6) is 0. The first-order valence-corrected chi connectivity index (χ1v) is 7.53. The van der Waals surface area contributed by atoms with Gasteiger partial charge in [-0.1, -0.05) is 30.3 Å². The molecule has 3 heteroatoms. The van der Waals surface area contributed by atoms with E-state index in [1.165, 1.54) is 16.0 Å². The maximum absolute atomic E-state index is 9.54. The molecule has 0 aliphatic carbocycles. The van der Waals surface area contributed by atoms with Crippen LogP contribution in [0.4, 0.5) is 0 Å². The summed E-state index contributed by atoms with van der Waals surface area (Å²) in [5, 5.41) is 15.2. The van der Waals surface area contributed by atoms with Gasteiger partial charge in [-0.25, -0.2) is 0 Å². The van der Waals surface area contributed by atoms with Crippen LogP contribution in [0.25, 0.3) is 0 Å². The van der Waals surface area contributed by atoms with Gasteiger partial charge in [-0.15, -0.1) is 11.3 Å². The summed E-state index contributed by atoms with van der Waals surface area (Å²) in [5.41, 5.74) is 2.57. The first-order chi connectivity index (χ1) is 9.20. The second kappa shape index (κ2) is 6.85. The summed E-state index contributed by atoms with van der Waals surface area (Å²) in [4.78, 5) is 1.35. The third-order valence-corrected chi connectivity index (χ3v) is 4.53. The monoisotopic (exact) mass is 275 g/mol. The van der Waals surface area contributed by atoms with Gasteiger partial charge in [0.05, 0.1) is 6.61 Å². The standard InChI is InChI=1S/C16H21NOS/c1-12-8-9-19-16(12)13(2)17-15(11-18)10-14-6-4-3-5-7-14/h3-9,13,15,17-18H,10-11H2,1-2H3. The second-order valence-electron chi connectivity index (χ2n) is 4.93. The summed E-state index contributed by atoms with van der Waals surface area (Å²) in [6, 6.07) is 12.8. The fourth-order valence-corrected chi connectivity index (χ4v) is 3.28. The number of hydrogen-bond acceptors (Lipinski definition) is 3. The molecule has 2 N–H and O–H groups in total. The summed E-state index contributed by atoms with van der Waals surface area (Å²) >= 11 is 1.77. The smallest absolute Gasteiger partial charge is 0.0588 e. The Balaban J connectivity index is 1.98. The van der Waals surface area contributed by atoms with Crippen LogP contribution in [0, 0.1) is 6.92 Å². The van der Waals surface area contributed by atoms with E-state index in [0.29, 0.717) is 0 Å². The normalized spacial score (nSPS) is 14.3. The predicted molar refractivity (Wildman–Crippen MR) is 81.6 cm³/mol. The lowest BCUT2D eigenvalue weighted by Gasteiger charge is -2.21. The summed E-state index contributed by atoms with van der Waals surface area (Å²) < 4.78 is 0. The molecular formula is C16H21NOS. The van der Waals surface area contributed by atoms with Crippen molar-refractivity contribution in [3.8, 4) is 0 Å². The Bertz CT molecular complexity index is 494. The minimum absolute atomic E-state index is 0.0962. The fraction of sp³-hybridized carbons (Fsp3) is 0.375. The SMILES string of the molecule is Cc1ccsc1C(C)NC(CO)Cc1ccccc1. The largest absolute Gasteiger partial charge is 0.395 e. The lowest BCUT2D eigenvalue weighted by atomic mass is 10.1. The topological polar surface area (TPSA) is 32.3 Å². The van der Waals surface area contributed by atoms with Gasteiger partial charge in [-0.3, -0.25) is 0 Å². The molecule has 0 bridgehead atoms. The Hall–Kier alpha value is -1.16. The van der Waals surface area contributed by atoms with Crippen LogP contribution in [0.15, 0.2) is 41.8 Å². The van der Waals surface area contributed by atoms with E-state index in [1.807, 2.05) is 18.2 Å². The highest BCUT2D eigenvalue weighted by Crippen LogP contribution is 2.24. The van der Waals surface area contributed by atoms with E-state index >= 15 is 0 Å². The van der Waals surface area contributed by atoms with E-state index in [9.17, 15) is 5.11 Å². The molecule has 2 aromatic rings. The van der Waals surface area contributed by atoms with Crippen molar-refractivity contribution in [3.05, 3.63) is 57.8 Å². The highest BCUT2D eigenvalue weighted by atomic mass is 32.1. The molecule has 19 heavy (non-hydrogen) atoms. The van der Waals surface area contributed by atoms with Crippen molar-refractivity contribution in [2.24, 2.45) is 0 Å². The number of benzene rings is 1. The maximum atomic E-state index is 9.54. The molecule has 102 valence electrons. The predicted octanol–water partition coefficient (Wildman–Crippen LogP) is 3.31. The van der Waals surface area contributed by atoms with E-state index in [1.54, 1.807) is 11.3 Å². The Kier molecular flexibility index (Phi) is 5.14. The zero-order valence-corrected chi connectivity index (χ0v) is 12.3. The number of aryl methyl sites for hydroxylation is 1. The van der Waals surface area contributed by atoms with Gasteiger partial charge in [0.25, 0.3) is 0 Å². The third-order valence-electron chi connectivity index (χ3n) is 3.33. The van der Waals surface area contributed by atoms with E-state index < -0.39 is 0 Å². The first kappa shape index (κ1) is 14.3. The van der Waals surface area contributed by atoms with Crippen molar-refractivity contribution < 1.29 is 5.11 Å². The summed E-state index contributed by atoms with van der Waals surface area (Å²) in [6.45, 7) is 4.45. The second-order valence-corrected chi connectivity index (χ2v) is 5.87. The molecule has 0 aliphatic heterocycles. The molecule has 2 rings (SSSR count).